The first-order chi connectivity index (χ1) is 13.0. The van der Waals surface area contributed by atoms with Crippen LogP contribution in [0.4, 0.5) is 5.69 Å². The number of benzene rings is 2. The van der Waals surface area contributed by atoms with E-state index >= 15 is 0 Å². The highest BCUT2D eigenvalue weighted by molar-refractivity contribution is 6.39. The molecule has 6 heteroatoms. The van der Waals surface area contributed by atoms with Crippen molar-refractivity contribution in [3.05, 3.63) is 59.7 Å². The topological polar surface area (TPSA) is 81.7 Å². The van der Waals surface area contributed by atoms with Gasteiger partial charge in [0.05, 0.1) is 5.69 Å². The van der Waals surface area contributed by atoms with Gasteiger partial charge in [0.15, 0.2) is 0 Å². The first-order valence-electron chi connectivity index (χ1n) is 9.19. The van der Waals surface area contributed by atoms with Crippen LogP contribution in [0.3, 0.4) is 0 Å². The van der Waals surface area contributed by atoms with Crippen LogP contribution in [-0.4, -0.2) is 41.0 Å². The first-order valence-corrected chi connectivity index (χ1v) is 9.19. The number of hydrogen-bond donors (Lipinski definition) is 3. The van der Waals surface area contributed by atoms with Crippen LogP contribution in [0.15, 0.2) is 48.5 Å². The lowest BCUT2D eigenvalue weighted by molar-refractivity contribution is -0.136. The number of nitrogens with one attached hydrogen (secondary N) is 2. The average Bonchev–Trinajstić information content (AvgIpc) is 2.66. The van der Waals surface area contributed by atoms with Crippen molar-refractivity contribution in [2.45, 2.75) is 32.4 Å². The normalized spacial score (nSPS) is 15.3. The van der Waals surface area contributed by atoms with E-state index in [2.05, 4.69) is 27.7 Å². The molecule has 0 unspecified atom stereocenters. The van der Waals surface area contributed by atoms with Crippen LogP contribution in [0, 0.1) is 6.92 Å². The van der Waals surface area contributed by atoms with Gasteiger partial charge in [-0.2, -0.15) is 0 Å². The molecule has 0 radical (unpaired) electrons. The molecule has 3 rings (SSSR count). The van der Waals surface area contributed by atoms with Crippen LogP contribution in [0.1, 0.15) is 24.0 Å². The molecule has 0 aliphatic carbocycles. The number of phenols is 1. The molecule has 1 heterocycles. The number of carbonyl (C=O) groups excluding carboxylic acids is 2. The van der Waals surface area contributed by atoms with Crippen molar-refractivity contribution in [1.82, 2.24) is 10.2 Å². The van der Waals surface area contributed by atoms with Gasteiger partial charge in [-0.15, -0.1) is 0 Å². The maximum atomic E-state index is 12.1. The van der Waals surface area contributed by atoms with Gasteiger partial charge in [0.2, 0.25) is 0 Å². The highest BCUT2D eigenvalue weighted by atomic mass is 16.3. The summed E-state index contributed by atoms with van der Waals surface area (Å²) >= 11 is 0. The standard InChI is InChI=1S/C21H25N3O3/c1-15-7-8-18(19(25)13-15)23-21(27)20(26)22-17-9-11-24(12-10-17)14-16-5-3-2-4-6-16/h2-8,13,17,25H,9-12,14H2,1H3,(H,22,26)(H,23,27). The Morgan fingerprint density at radius 1 is 1.07 bits per heavy atom. The minimum atomic E-state index is -0.763. The zero-order valence-electron chi connectivity index (χ0n) is 15.4. The van der Waals surface area contributed by atoms with E-state index in [9.17, 15) is 14.7 Å². The van der Waals surface area contributed by atoms with Crippen LogP contribution in [0.25, 0.3) is 0 Å². The maximum absolute atomic E-state index is 12.1. The van der Waals surface area contributed by atoms with E-state index in [4.69, 9.17) is 0 Å². The molecule has 1 aliphatic rings. The van der Waals surface area contributed by atoms with Crippen molar-refractivity contribution in [3.8, 4) is 5.75 Å². The van der Waals surface area contributed by atoms with Gasteiger partial charge in [-0.3, -0.25) is 14.5 Å². The van der Waals surface area contributed by atoms with E-state index in [0.717, 1.165) is 38.0 Å². The van der Waals surface area contributed by atoms with Gasteiger partial charge >= 0.3 is 11.8 Å². The van der Waals surface area contributed by atoms with E-state index < -0.39 is 11.8 Å². The number of carbonyl (C=O) groups is 2. The monoisotopic (exact) mass is 367 g/mol. The van der Waals surface area contributed by atoms with E-state index in [1.54, 1.807) is 12.1 Å². The van der Waals surface area contributed by atoms with Gasteiger partial charge in [-0.05, 0) is 43.0 Å². The van der Waals surface area contributed by atoms with E-state index in [1.807, 2.05) is 25.1 Å². The Bertz CT molecular complexity index is 800. The lowest BCUT2D eigenvalue weighted by Crippen LogP contribution is -2.47. The third-order valence-electron chi connectivity index (χ3n) is 4.78. The molecule has 142 valence electrons. The summed E-state index contributed by atoms with van der Waals surface area (Å²) < 4.78 is 0. The summed E-state index contributed by atoms with van der Waals surface area (Å²) in [6.45, 7) is 4.48. The van der Waals surface area contributed by atoms with Crippen LogP contribution >= 0.6 is 0 Å². The molecule has 0 spiro atoms. The molecule has 3 N–H and O–H groups in total. The molecule has 1 aliphatic heterocycles. The van der Waals surface area contributed by atoms with Gasteiger partial charge in [0.25, 0.3) is 0 Å². The van der Waals surface area contributed by atoms with E-state index in [1.165, 1.54) is 11.6 Å². The van der Waals surface area contributed by atoms with Gasteiger partial charge in [0.1, 0.15) is 5.75 Å². The fourth-order valence-electron chi connectivity index (χ4n) is 3.25. The number of anilines is 1. The second-order valence-corrected chi connectivity index (χ2v) is 6.98. The van der Waals surface area contributed by atoms with Gasteiger partial charge in [-0.25, -0.2) is 0 Å². The summed E-state index contributed by atoms with van der Waals surface area (Å²) in [6, 6.07) is 15.2. The summed E-state index contributed by atoms with van der Waals surface area (Å²) in [7, 11) is 0. The number of likely N-dealkylation sites (tertiary alicyclic amines) is 1. The molecule has 1 saturated heterocycles. The number of aromatic hydroxyl groups is 1. The van der Waals surface area contributed by atoms with Crippen molar-refractivity contribution in [3.63, 3.8) is 0 Å². The molecule has 27 heavy (non-hydrogen) atoms. The minimum absolute atomic E-state index is 0.0121. The molecule has 2 aromatic rings. The average molecular weight is 367 g/mol. The Morgan fingerprint density at radius 3 is 2.44 bits per heavy atom. The molecule has 0 saturated carbocycles. The smallest absolute Gasteiger partial charge is 0.313 e. The summed E-state index contributed by atoms with van der Waals surface area (Å²) in [5.41, 5.74) is 2.38. The second kappa shape index (κ2) is 8.68. The predicted octanol–water partition coefficient (Wildman–Crippen LogP) is 2.42. The first kappa shape index (κ1) is 18.9. The molecule has 0 aromatic heterocycles. The zero-order valence-corrected chi connectivity index (χ0v) is 15.4. The van der Waals surface area contributed by atoms with Crippen molar-refractivity contribution in [1.29, 1.82) is 0 Å². The van der Waals surface area contributed by atoms with Crippen LogP contribution in [0.2, 0.25) is 0 Å². The van der Waals surface area contributed by atoms with Crippen molar-refractivity contribution in [2.75, 3.05) is 18.4 Å². The summed E-state index contributed by atoms with van der Waals surface area (Å²) in [6.07, 6.45) is 1.61. The number of amides is 2. The van der Waals surface area contributed by atoms with Crippen LogP contribution < -0.4 is 10.6 Å². The van der Waals surface area contributed by atoms with Gasteiger partial charge < -0.3 is 15.7 Å². The Kier molecular flexibility index (Phi) is 6.08. The quantitative estimate of drug-likeness (QED) is 0.573. The third-order valence-corrected chi connectivity index (χ3v) is 4.78. The fraction of sp³-hybridized carbons (Fsp3) is 0.333. The Hall–Kier alpha value is -2.86. The molecule has 2 aromatic carbocycles. The molecule has 6 nitrogen and oxygen atoms in total. The molecular weight excluding hydrogens is 342 g/mol. The predicted molar refractivity (Wildman–Crippen MR) is 104 cm³/mol. The Balaban J connectivity index is 1.45. The minimum Gasteiger partial charge on any atom is -0.506 e. The lowest BCUT2D eigenvalue weighted by atomic mass is 10.0. The summed E-state index contributed by atoms with van der Waals surface area (Å²) in [4.78, 5) is 26.6. The maximum Gasteiger partial charge on any atom is 0.313 e. The number of hydrogen-bond acceptors (Lipinski definition) is 4. The Labute approximate surface area is 159 Å². The zero-order chi connectivity index (χ0) is 19.2. The number of phenolic OH excluding ortho intramolecular Hbond substituents is 1. The number of piperidine rings is 1. The van der Waals surface area contributed by atoms with Crippen molar-refractivity contribution in [2.24, 2.45) is 0 Å². The molecule has 2 amide bonds. The number of aryl methyl sites for hydroxylation is 1. The van der Waals surface area contributed by atoms with Crippen molar-refractivity contribution >= 4 is 17.5 Å². The lowest BCUT2D eigenvalue weighted by Gasteiger charge is -2.32. The molecule has 0 bridgehead atoms. The van der Waals surface area contributed by atoms with Gasteiger partial charge in [0, 0.05) is 25.7 Å². The fourth-order valence-corrected chi connectivity index (χ4v) is 3.25. The van der Waals surface area contributed by atoms with Crippen molar-refractivity contribution < 1.29 is 14.7 Å². The largest absolute Gasteiger partial charge is 0.506 e. The van der Waals surface area contributed by atoms with E-state index in [-0.39, 0.29) is 17.5 Å². The molecular formula is C21H25N3O3. The SMILES string of the molecule is Cc1ccc(NC(=O)C(=O)NC2CCN(Cc3ccccc3)CC2)c(O)c1. The summed E-state index contributed by atoms with van der Waals surface area (Å²) in [5.74, 6) is -1.48. The summed E-state index contributed by atoms with van der Waals surface area (Å²) in [5, 5.41) is 15.1. The molecule has 1 fully saturated rings. The van der Waals surface area contributed by atoms with E-state index in [0.29, 0.717) is 0 Å². The second-order valence-electron chi connectivity index (χ2n) is 6.98. The number of nitrogens with zero attached hydrogens (tertiary/aromatic N) is 1. The highest BCUT2D eigenvalue weighted by Gasteiger charge is 2.24. The number of rotatable bonds is 4. The highest BCUT2D eigenvalue weighted by Crippen LogP contribution is 2.23. The third kappa shape index (κ3) is 5.31. The van der Waals surface area contributed by atoms with Crippen LogP contribution in [0.5, 0.6) is 5.75 Å². The molecule has 0 atom stereocenters. The van der Waals surface area contributed by atoms with Gasteiger partial charge in [-0.1, -0.05) is 36.4 Å². The Morgan fingerprint density at radius 2 is 1.78 bits per heavy atom. The van der Waals surface area contributed by atoms with Crippen LogP contribution in [-0.2, 0) is 16.1 Å².